The number of fused-ring (bicyclic) bond motifs is 6. The van der Waals surface area contributed by atoms with Crippen molar-refractivity contribution in [2.45, 2.75) is 52.0 Å². The number of nitrogens with zero attached hydrogens (tertiary/aromatic N) is 6. The molecule has 4 atom stereocenters. The van der Waals surface area contributed by atoms with E-state index < -0.39 is 36.0 Å². The fourth-order valence-electron chi connectivity index (χ4n) is 8.15. The van der Waals surface area contributed by atoms with Crippen molar-refractivity contribution in [3.05, 3.63) is 120 Å². The number of benzene rings is 2. The average Bonchev–Trinajstić information content (AvgIpc) is 3.89. The number of rotatable bonds is 8. The Labute approximate surface area is 299 Å². The van der Waals surface area contributed by atoms with Crippen LogP contribution in [0.15, 0.2) is 85.5 Å². The summed E-state index contributed by atoms with van der Waals surface area (Å²) in [5, 5.41) is 1.61. The molecule has 4 heterocycles. The van der Waals surface area contributed by atoms with E-state index in [1.807, 2.05) is 107 Å². The Morgan fingerprint density at radius 2 is 1.10 bits per heavy atom. The van der Waals surface area contributed by atoms with E-state index in [0.717, 1.165) is 45.6 Å². The van der Waals surface area contributed by atoms with Crippen LogP contribution in [-0.4, -0.2) is 51.7 Å². The van der Waals surface area contributed by atoms with E-state index >= 15 is 0 Å². The topological polar surface area (TPSA) is 132 Å². The summed E-state index contributed by atoms with van der Waals surface area (Å²) in [7, 11) is 3.72. The zero-order chi connectivity index (χ0) is 36.3. The van der Waals surface area contributed by atoms with Crippen LogP contribution in [0.3, 0.4) is 0 Å². The van der Waals surface area contributed by atoms with E-state index in [0.29, 0.717) is 35.6 Å². The Morgan fingerprint density at radius 3 is 1.48 bits per heavy atom. The van der Waals surface area contributed by atoms with Gasteiger partial charge in [0.25, 0.3) is 0 Å². The Hall–Kier alpha value is -6.04. The van der Waals surface area contributed by atoms with E-state index in [2.05, 4.69) is 9.97 Å². The van der Waals surface area contributed by atoms with E-state index in [4.69, 9.17) is 9.47 Å². The Kier molecular flexibility index (Phi) is 8.24. The highest BCUT2D eigenvalue weighted by molar-refractivity contribution is 6.12. The Morgan fingerprint density at radius 1 is 0.692 bits per heavy atom. The number of esters is 2. The molecule has 0 saturated heterocycles. The number of carbonyl (C=O) groups excluding carboxylic acids is 4. The van der Waals surface area contributed by atoms with Crippen molar-refractivity contribution in [2.75, 3.05) is 0 Å². The van der Waals surface area contributed by atoms with Crippen LogP contribution in [0.2, 0.25) is 0 Å². The predicted octanol–water partition coefficient (Wildman–Crippen LogP) is 5.91. The monoisotopic (exact) mass is 698 g/mol. The van der Waals surface area contributed by atoms with Crippen LogP contribution in [0, 0.1) is 25.7 Å². The quantitative estimate of drug-likeness (QED) is 0.142. The molecule has 2 aliphatic rings. The first-order valence-corrected chi connectivity index (χ1v) is 17.4. The standard InChI is InChI=1S/C40H38N6O6/c1-23-41-15-17-45(23)21-25-19-31(37-35(39(25)49)27-9-5-7-11-29(27)43(37)3)51-33(47)13-14-34(48)52-32-20-26(22-46-18-16-42-24(46)2)40(50)36-28-10-6-8-12-30(28)44(4)38(32)36/h5-18,25-26,31-32H,19-22H2,1-4H3/b14-13-/t25-,26-,31?,32?/m1/s1. The van der Waals surface area contributed by atoms with E-state index in [-0.39, 0.29) is 24.4 Å². The second kappa shape index (κ2) is 12.9. The molecule has 0 amide bonds. The smallest absolute Gasteiger partial charge is 0.331 e. The maximum atomic E-state index is 13.9. The zero-order valence-electron chi connectivity index (χ0n) is 29.4. The molecule has 0 fully saturated rings. The lowest BCUT2D eigenvalue weighted by atomic mass is 9.83. The minimum absolute atomic E-state index is 0.00788. The summed E-state index contributed by atoms with van der Waals surface area (Å²) >= 11 is 0. The summed E-state index contributed by atoms with van der Waals surface area (Å²) in [5.41, 5.74) is 4.07. The third-order valence-electron chi connectivity index (χ3n) is 10.7. The van der Waals surface area contributed by atoms with Crippen LogP contribution in [0.5, 0.6) is 0 Å². The molecular formula is C40H38N6O6. The lowest BCUT2D eigenvalue weighted by Gasteiger charge is -2.30. The van der Waals surface area contributed by atoms with Gasteiger partial charge in [-0.3, -0.25) is 9.59 Å². The molecule has 2 aliphatic carbocycles. The van der Waals surface area contributed by atoms with Gasteiger partial charge in [0.05, 0.1) is 22.5 Å². The van der Waals surface area contributed by atoms with E-state index in [9.17, 15) is 19.2 Å². The largest absolute Gasteiger partial charge is 0.453 e. The molecule has 2 unspecified atom stereocenters. The van der Waals surface area contributed by atoms with Gasteiger partial charge in [-0.2, -0.15) is 0 Å². The number of carbonyl (C=O) groups is 4. The number of ketones is 2. The van der Waals surface area contributed by atoms with Gasteiger partial charge in [0, 0.05) is 111 Å². The molecule has 0 radical (unpaired) electrons. The van der Waals surface area contributed by atoms with Gasteiger partial charge >= 0.3 is 11.9 Å². The molecule has 2 aromatic carbocycles. The molecule has 0 N–H and O–H groups in total. The van der Waals surface area contributed by atoms with Crippen LogP contribution in [-0.2, 0) is 46.2 Å². The first-order chi connectivity index (χ1) is 25.1. The number of Topliss-reactive ketones (excluding diaryl/α,β-unsaturated/α-hetero) is 2. The first-order valence-electron chi connectivity index (χ1n) is 17.4. The SMILES string of the molecule is Cc1nccn1C[C@H]1CC(OC(=O)/C=C\C(=O)OC2C[C@H](Cn3ccnc3C)C(=O)c3c2n(C)c2ccccc32)c2c(c3ccccc3n2C)C1=O. The predicted molar refractivity (Wildman–Crippen MR) is 191 cm³/mol. The van der Waals surface area contributed by atoms with Gasteiger partial charge in [-0.1, -0.05) is 36.4 Å². The molecular weight excluding hydrogens is 660 g/mol. The van der Waals surface area contributed by atoms with Crippen molar-refractivity contribution in [1.82, 2.24) is 28.2 Å². The van der Waals surface area contributed by atoms with Gasteiger partial charge in [-0.15, -0.1) is 0 Å². The zero-order valence-corrected chi connectivity index (χ0v) is 29.4. The van der Waals surface area contributed by atoms with Crippen molar-refractivity contribution >= 4 is 45.3 Å². The molecule has 6 aromatic rings. The van der Waals surface area contributed by atoms with Gasteiger partial charge < -0.3 is 27.7 Å². The van der Waals surface area contributed by atoms with Crippen LogP contribution >= 0.6 is 0 Å². The van der Waals surface area contributed by atoms with Crippen molar-refractivity contribution in [1.29, 1.82) is 0 Å². The number of imidazole rings is 2. The third kappa shape index (κ3) is 5.55. The highest BCUT2D eigenvalue weighted by Crippen LogP contribution is 2.43. The fraction of sp³-hybridized carbons (Fsp3) is 0.300. The van der Waals surface area contributed by atoms with Gasteiger partial charge in [-0.05, 0) is 26.0 Å². The van der Waals surface area contributed by atoms with Crippen molar-refractivity contribution in [2.24, 2.45) is 25.9 Å². The summed E-state index contributed by atoms with van der Waals surface area (Å²) in [4.78, 5) is 63.3. The number of aryl methyl sites for hydroxylation is 4. The van der Waals surface area contributed by atoms with Crippen molar-refractivity contribution < 1.29 is 28.7 Å². The lowest BCUT2D eigenvalue weighted by Crippen LogP contribution is -2.32. The number of hydrogen-bond donors (Lipinski definition) is 0. The summed E-state index contributed by atoms with van der Waals surface area (Å²) in [6, 6.07) is 15.3. The van der Waals surface area contributed by atoms with E-state index in [1.54, 1.807) is 12.4 Å². The van der Waals surface area contributed by atoms with Gasteiger partial charge in [0.15, 0.2) is 11.6 Å². The minimum atomic E-state index is -0.734. The summed E-state index contributed by atoms with van der Waals surface area (Å²) < 4.78 is 19.7. The Bertz CT molecular complexity index is 2270. The van der Waals surface area contributed by atoms with Gasteiger partial charge in [-0.25, -0.2) is 19.6 Å². The molecule has 0 spiro atoms. The third-order valence-corrected chi connectivity index (χ3v) is 10.7. The van der Waals surface area contributed by atoms with Crippen LogP contribution in [0.25, 0.3) is 21.8 Å². The summed E-state index contributed by atoms with van der Waals surface area (Å²) in [5.74, 6) is -0.828. The molecule has 4 aromatic heterocycles. The first kappa shape index (κ1) is 33.1. The summed E-state index contributed by atoms with van der Waals surface area (Å²) in [6.45, 7) is 4.55. The normalized spacial score (nSPS) is 20.1. The van der Waals surface area contributed by atoms with Crippen LogP contribution in [0.4, 0.5) is 0 Å². The number of ether oxygens (including phenoxy) is 2. The van der Waals surface area contributed by atoms with Crippen LogP contribution < -0.4 is 0 Å². The van der Waals surface area contributed by atoms with E-state index in [1.165, 1.54) is 0 Å². The van der Waals surface area contributed by atoms with Gasteiger partial charge in [0.1, 0.15) is 23.9 Å². The molecule has 12 nitrogen and oxygen atoms in total. The molecule has 0 bridgehead atoms. The number of aromatic nitrogens is 6. The second-order valence-electron chi connectivity index (χ2n) is 13.7. The second-order valence-corrected chi connectivity index (χ2v) is 13.7. The highest BCUT2D eigenvalue weighted by atomic mass is 16.5. The average molecular weight is 699 g/mol. The molecule has 0 saturated carbocycles. The molecule has 52 heavy (non-hydrogen) atoms. The Balaban J connectivity index is 1.04. The van der Waals surface area contributed by atoms with Gasteiger partial charge in [0.2, 0.25) is 0 Å². The lowest BCUT2D eigenvalue weighted by molar-refractivity contribution is -0.147. The highest BCUT2D eigenvalue weighted by Gasteiger charge is 2.41. The molecule has 0 aliphatic heterocycles. The minimum Gasteiger partial charge on any atom is -0.453 e. The number of para-hydroxylation sites is 2. The number of hydrogen-bond acceptors (Lipinski definition) is 8. The van der Waals surface area contributed by atoms with Crippen LogP contribution in [0.1, 0.15) is 68.8 Å². The molecule has 8 rings (SSSR count). The maximum absolute atomic E-state index is 13.9. The fourth-order valence-corrected chi connectivity index (χ4v) is 8.15. The molecule has 264 valence electrons. The molecule has 12 heteroatoms. The van der Waals surface area contributed by atoms with Crippen molar-refractivity contribution in [3.8, 4) is 0 Å². The maximum Gasteiger partial charge on any atom is 0.331 e. The summed E-state index contributed by atoms with van der Waals surface area (Å²) in [6.07, 6.45) is 8.27. The van der Waals surface area contributed by atoms with Crippen molar-refractivity contribution in [3.63, 3.8) is 0 Å².